The lowest BCUT2D eigenvalue weighted by atomic mass is 10.3. The van der Waals surface area contributed by atoms with Crippen LogP contribution >= 0.6 is 0 Å². The zero-order valence-electron chi connectivity index (χ0n) is 11.3. The molecule has 0 spiro atoms. The van der Waals surface area contributed by atoms with Crippen molar-refractivity contribution in [3.8, 4) is 0 Å². The Hall–Kier alpha value is -0.650. The molecule has 17 heavy (non-hydrogen) atoms. The number of methoxy groups -OCH3 is 1. The van der Waals surface area contributed by atoms with E-state index in [1.807, 2.05) is 0 Å². The van der Waals surface area contributed by atoms with Crippen LogP contribution in [0.2, 0.25) is 0 Å². The SMILES string of the molecule is COCCOCCCNCCCC(=O)N(C)C. The third-order valence-electron chi connectivity index (χ3n) is 2.32. The van der Waals surface area contributed by atoms with Gasteiger partial charge in [-0.3, -0.25) is 4.79 Å². The highest BCUT2D eigenvalue weighted by molar-refractivity contribution is 5.75. The van der Waals surface area contributed by atoms with E-state index in [-0.39, 0.29) is 5.91 Å². The Balaban J connectivity index is 3.06. The van der Waals surface area contributed by atoms with Crippen molar-refractivity contribution < 1.29 is 14.3 Å². The van der Waals surface area contributed by atoms with E-state index >= 15 is 0 Å². The quantitative estimate of drug-likeness (QED) is 0.539. The Morgan fingerprint density at radius 2 is 1.82 bits per heavy atom. The van der Waals surface area contributed by atoms with Crippen LogP contribution in [-0.4, -0.2) is 64.9 Å². The second-order valence-electron chi connectivity index (χ2n) is 4.10. The van der Waals surface area contributed by atoms with Crippen LogP contribution in [0.4, 0.5) is 0 Å². The van der Waals surface area contributed by atoms with Crippen molar-refractivity contribution in [1.82, 2.24) is 10.2 Å². The lowest BCUT2D eigenvalue weighted by molar-refractivity contribution is -0.128. The summed E-state index contributed by atoms with van der Waals surface area (Å²) in [4.78, 5) is 12.9. The van der Waals surface area contributed by atoms with Crippen molar-refractivity contribution >= 4 is 5.91 Å². The predicted octanol–water partition coefficient (Wildman–Crippen LogP) is 0.498. The maximum Gasteiger partial charge on any atom is 0.222 e. The van der Waals surface area contributed by atoms with E-state index in [4.69, 9.17) is 9.47 Å². The summed E-state index contributed by atoms with van der Waals surface area (Å²) in [5.74, 6) is 0.190. The number of nitrogens with one attached hydrogen (secondary N) is 1. The summed E-state index contributed by atoms with van der Waals surface area (Å²) in [5, 5.41) is 3.29. The lowest BCUT2D eigenvalue weighted by Gasteiger charge is -2.10. The summed E-state index contributed by atoms with van der Waals surface area (Å²) in [6, 6.07) is 0. The van der Waals surface area contributed by atoms with Gasteiger partial charge >= 0.3 is 0 Å². The Morgan fingerprint density at radius 1 is 1.12 bits per heavy atom. The van der Waals surface area contributed by atoms with Crippen LogP contribution in [-0.2, 0) is 14.3 Å². The number of amides is 1. The second kappa shape index (κ2) is 11.8. The maximum atomic E-state index is 11.2. The molecule has 0 saturated heterocycles. The summed E-state index contributed by atoms with van der Waals surface area (Å²) in [6.45, 7) is 3.89. The van der Waals surface area contributed by atoms with Gasteiger partial charge in [-0.1, -0.05) is 0 Å². The van der Waals surface area contributed by atoms with Gasteiger partial charge in [0.15, 0.2) is 0 Å². The molecule has 0 radical (unpaired) electrons. The van der Waals surface area contributed by atoms with E-state index < -0.39 is 0 Å². The molecule has 0 unspecified atom stereocenters. The zero-order valence-corrected chi connectivity index (χ0v) is 11.3. The Morgan fingerprint density at radius 3 is 2.47 bits per heavy atom. The molecule has 0 bridgehead atoms. The van der Waals surface area contributed by atoms with Crippen molar-refractivity contribution in [1.29, 1.82) is 0 Å². The average Bonchev–Trinajstić information content (AvgIpc) is 2.31. The molecule has 5 nitrogen and oxygen atoms in total. The van der Waals surface area contributed by atoms with E-state index in [0.717, 1.165) is 32.5 Å². The number of nitrogens with zero attached hydrogens (tertiary/aromatic N) is 1. The van der Waals surface area contributed by atoms with E-state index in [2.05, 4.69) is 5.32 Å². The Bertz CT molecular complexity index is 187. The zero-order chi connectivity index (χ0) is 12.9. The average molecular weight is 246 g/mol. The molecule has 0 heterocycles. The van der Waals surface area contributed by atoms with Crippen molar-refractivity contribution in [3.63, 3.8) is 0 Å². The molecule has 0 atom stereocenters. The molecule has 0 fully saturated rings. The fraction of sp³-hybridized carbons (Fsp3) is 0.917. The molecule has 0 aromatic rings. The molecule has 0 aliphatic carbocycles. The minimum atomic E-state index is 0.190. The summed E-state index contributed by atoms with van der Waals surface area (Å²) in [5.41, 5.74) is 0. The minimum Gasteiger partial charge on any atom is -0.382 e. The normalized spacial score (nSPS) is 10.5. The summed E-state index contributed by atoms with van der Waals surface area (Å²) in [7, 11) is 5.24. The fourth-order valence-electron chi connectivity index (χ4n) is 1.26. The monoisotopic (exact) mass is 246 g/mol. The van der Waals surface area contributed by atoms with E-state index in [9.17, 15) is 4.79 Å². The van der Waals surface area contributed by atoms with E-state index in [0.29, 0.717) is 19.6 Å². The van der Waals surface area contributed by atoms with Crippen molar-refractivity contribution in [2.75, 3.05) is 54.1 Å². The van der Waals surface area contributed by atoms with Crippen LogP contribution in [0.1, 0.15) is 19.3 Å². The third-order valence-corrected chi connectivity index (χ3v) is 2.32. The number of carbonyl (C=O) groups excluding carboxylic acids is 1. The first-order chi connectivity index (χ1) is 8.18. The molecule has 102 valence electrons. The lowest BCUT2D eigenvalue weighted by Crippen LogP contribution is -2.24. The highest BCUT2D eigenvalue weighted by Crippen LogP contribution is 1.92. The van der Waals surface area contributed by atoms with E-state index in [1.54, 1.807) is 26.1 Å². The highest BCUT2D eigenvalue weighted by atomic mass is 16.5. The molecule has 0 aromatic carbocycles. The van der Waals surface area contributed by atoms with Crippen LogP contribution in [0.25, 0.3) is 0 Å². The molecule has 0 saturated carbocycles. The van der Waals surface area contributed by atoms with Gasteiger partial charge in [0.25, 0.3) is 0 Å². The van der Waals surface area contributed by atoms with Crippen LogP contribution in [0.3, 0.4) is 0 Å². The molecule has 1 amide bonds. The smallest absolute Gasteiger partial charge is 0.222 e. The van der Waals surface area contributed by atoms with Crippen molar-refractivity contribution in [2.24, 2.45) is 0 Å². The maximum absolute atomic E-state index is 11.2. The molecular formula is C12H26N2O3. The van der Waals surface area contributed by atoms with Gasteiger partial charge in [0.1, 0.15) is 0 Å². The van der Waals surface area contributed by atoms with Crippen LogP contribution < -0.4 is 5.32 Å². The van der Waals surface area contributed by atoms with Gasteiger partial charge in [-0.25, -0.2) is 0 Å². The largest absolute Gasteiger partial charge is 0.382 e. The van der Waals surface area contributed by atoms with Gasteiger partial charge in [0.2, 0.25) is 5.91 Å². The molecule has 5 heteroatoms. The Labute approximate surface area is 104 Å². The minimum absolute atomic E-state index is 0.190. The first kappa shape index (κ1) is 16.4. The molecule has 0 aliphatic heterocycles. The highest BCUT2D eigenvalue weighted by Gasteiger charge is 2.01. The van der Waals surface area contributed by atoms with Crippen molar-refractivity contribution in [3.05, 3.63) is 0 Å². The van der Waals surface area contributed by atoms with Crippen molar-refractivity contribution in [2.45, 2.75) is 19.3 Å². The molecule has 0 aliphatic rings. The third kappa shape index (κ3) is 11.6. The number of hydrogen-bond acceptors (Lipinski definition) is 4. The topological polar surface area (TPSA) is 50.8 Å². The van der Waals surface area contributed by atoms with Gasteiger partial charge in [0.05, 0.1) is 13.2 Å². The number of ether oxygens (including phenoxy) is 2. The number of hydrogen-bond donors (Lipinski definition) is 1. The first-order valence-electron chi connectivity index (χ1n) is 6.16. The standard InChI is InChI=1S/C12H26N2O3/c1-14(2)12(15)6-4-7-13-8-5-9-17-11-10-16-3/h13H,4-11H2,1-3H3. The van der Waals surface area contributed by atoms with Crippen LogP contribution in [0, 0.1) is 0 Å². The molecule has 0 aromatic heterocycles. The predicted molar refractivity (Wildman–Crippen MR) is 68.1 cm³/mol. The first-order valence-corrected chi connectivity index (χ1v) is 6.16. The second-order valence-corrected chi connectivity index (χ2v) is 4.10. The summed E-state index contributed by atoms with van der Waals surface area (Å²) >= 11 is 0. The van der Waals surface area contributed by atoms with Gasteiger partial charge < -0.3 is 19.7 Å². The van der Waals surface area contributed by atoms with E-state index in [1.165, 1.54) is 0 Å². The van der Waals surface area contributed by atoms with Gasteiger partial charge in [0, 0.05) is 34.2 Å². The molecule has 0 rings (SSSR count). The van der Waals surface area contributed by atoms with Gasteiger partial charge in [-0.05, 0) is 25.9 Å². The van der Waals surface area contributed by atoms with Crippen LogP contribution in [0.15, 0.2) is 0 Å². The Kier molecular flexibility index (Phi) is 11.4. The molecular weight excluding hydrogens is 220 g/mol. The van der Waals surface area contributed by atoms with Crippen LogP contribution in [0.5, 0.6) is 0 Å². The van der Waals surface area contributed by atoms with Gasteiger partial charge in [-0.2, -0.15) is 0 Å². The summed E-state index contributed by atoms with van der Waals surface area (Å²) in [6.07, 6.45) is 2.50. The molecule has 1 N–H and O–H groups in total. The summed E-state index contributed by atoms with van der Waals surface area (Å²) < 4.78 is 10.2. The number of rotatable bonds is 11. The number of carbonyl (C=O) groups is 1. The fourth-order valence-corrected chi connectivity index (χ4v) is 1.26. The van der Waals surface area contributed by atoms with Gasteiger partial charge in [-0.15, -0.1) is 0 Å².